The average Bonchev–Trinajstić information content (AvgIpc) is 3.83. The molecule has 0 spiro atoms. The highest BCUT2D eigenvalue weighted by Gasteiger charge is 2.24. The van der Waals surface area contributed by atoms with Crippen LogP contribution in [0.4, 0.5) is 17.1 Å². The second-order valence-electron chi connectivity index (χ2n) is 14.0. The van der Waals surface area contributed by atoms with Gasteiger partial charge in [0.1, 0.15) is 11.2 Å². The highest BCUT2D eigenvalue weighted by Crippen LogP contribution is 2.48. The van der Waals surface area contributed by atoms with Crippen LogP contribution in [0.15, 0.2) is 205 Å². The summed E-state index contributed by atoms with van der Waals surface area (Å²) in [5.74, 6) is 0. The lowest BCUT2D eigenvalue weighted by Crippen LogP contribution is -2.12. The summed E-state index contributed by atoms with van der Waals surface area (Å²) < 4.78 is 9.12. The van der Waals surface area contributed by atoms with Gasteiger partial charge >= 0.3 is 0 Å². The van der Waals surface area contributed by atoms with Crippen LogP contribution in [0.5, 0.6) is 0 Å². The molecule has 0 aliphatic heterocycles. The number of furan rings is 1. The molecule has 55 heavy (non-hydrogen) atoms. The van der Waals surface area contributed by atoms with Gasteiger partial charge in [0.25, 0.3) is 0 Å². The Bertz CT molecular complexity index is 3220. The van der Waals surface area contributed by atoms with Crippen LogP contribution >= 0.6 is 11.3 Å². The maximum atomic E-state index is 6.52. The van der Waals surface area contributed by atoms with E-state index in [1.165, 1.54) is 47.6 Å². The molecule has 3 heteroatoms. The minimum absolute atomic E-state index is 0.862. The summed E-state index contributed by atoms with van der Waals surface area (Å²) in [5, 5.41) is 7.24. The average molecular weight is 720 g/mol. The highest BCUT2D eigenvalue weighted by molar-refractivity contribution is 7.26. The van der Waals surface area contributed by atoms with Crippen LogP contribution in [0.2, 0.25) is 0 Å². The van der Waals surface area contributed by atoms with E-state index in [-0.39, 0.29) is 0 Å². The number of thiophene rings is 1. The summed E-state index contributed by atoms with van der Waals surface area (Å²) in [4.78, 5) is 2.45. The monoisotopic (exact) mass is 719 g/mol. The molecule has 9 aromatic carbocycles. The van der Waals surface area contributed by atoms with E-state index in [0.29, 0.717) is 0 Å². The van der Waals surface area contributed by atoms with Gasteiger partial charge in [0.2, 0.25) is 0 Å². The molecule has 2 aromatic heterocycles. The molecule has 11 rings (SSSR count). The Balaban J connectivity index is 1.21. The zero-order chi connectivity index (χ0) is 36.3. The number of benzene rings is 9. The fraction of sp³-hybridized carbons (Fsp3) is 0. The number of rotatable bonds is 6. The smallest absolute Gasteiger partial charge is 0.137 e. The molecule has 0 aliphatic carbocycles. The van der Waals surface area contributed by atoms with Crippen molar-refractivity contribution in [2.45, 2.75) is 0 Å². The third-order valence-electron chi connectivity index (χ3n) is 10.9. The van der Waals surface area contributed by atoms with Crippen molar-refractivity contribution in [2.24, 2.45) is 0 Å². The first-order valence-corrected chi connectivity index (χ1v) is 19.5. The molecule has 2 nitrogen and oxygen atoms in total. The molecule has 0 N–H and O–H groups in total. The van der Waals surface area contributed by atoms with Gasteiger partial charge in [-0.15, -0.1) is 11.3 Å². The number of para-hydroxylation sites is 1. The minimum atomic E-state index is 0.862. The number of hydrogen-bond donors (Lipinski definition) is 0. The van der Waals surface area contributed by atoms with Crippen LogP contribution in [0.25, 0.3) is 86.3 Å². The summed E-state index contributed by atoms with van der Waals surface area (Å²) in [6, 6.07) is 72.3. The highest BCUT2D eigenvalue weighted by atomic mass is 32.1. The lowest BCUT2D eigenvalue weighted by atomic mass is 9.93. The number of anilines is 3. The molecule has 0 aliphatic rings. The Morgan fingerprint density at radius 1 is 0.382 bits per heavy atom. The van der Waals surface area contributed by atoms with Gasteiger partial charge < -0.3 is 9.32 Å². The second kappa shape index (κ2) is 12.9. The molecule has 0 bridgehead atoms. The van der Waals surface area contributed by atoms with Crippen molar-refractivity contribution in [3.05, 3.63) is 200 Å². The van der Waals surface area contributed by atoms with E-state index in [4.69, 9.17) is 4.42 Å². The quantitative estimate of drug-likeness (QED) is 0.170. The van der Waals surface area contributed by atoms with Crippen molar-refractivity contribution in [3.8, 4) is 33.4 Å². The van der Waals surface area contributed by atoms with E-state index in [0.717, 1.165) is 55.7 Å². The molecule has 11 aromatic rings. The molecule has 0 fully saturated rings. The molecule has 0 saturated carbocycles. The van der Waals surface area contributed by atoms with Crippen molar-refractivity contribution in [1.82, 2.24) is 0 Å². The van der Waals surface area contributed by atoms with Crippen molar-refractivity contribution >= 4 is 81.3 Å². The van der Waals surface area contributed by atoms with Gasteiger partial charge in [0, 0.05) is 36.8 Å². The fourth-order valence-electron chi connectivity index (χ4n) is 8.36. The topological polar surface area (TPSA) is 16.4 Å². The lowest BCUT2D eigenvalue weighted by molar-refractivity contribution is 0.669. The third kappa shape index (κ3) is 5.24. The third-order valence-corrected chi connectivity index (χ3v) is 12.1. The van der Waals surface area contributed by atoms with Crippen LogP contribution < -0.4 is 4.90 Å². The SMILES string of the molecule is c1ccc(-c2ccc(-c3cccc4ccccc34)cc2N(c2cccc(-c3cccc4c3sc3ccccc34)c2)c2cccc3oc4ccccc4c23)cc1. The van der Waals surface area contributed by atoms with Gasteiger partial charge in [0.05, 0.1) is 16.8 Å². The maximum absolute atomic E-state index is 6.52. The zero-order valence-corrected chi connectivity index (χ0v) is 30.6. The summed E-state index contributed by atoms with van der Waals surface area (Å²) in [7, 11) is 0. The standard InChI is InChI=1S/C52H33NOS/c1-2-14-35(15-3-1)41-31-30-37(40-23-11-17-34-16-4-5-20-39(34)40)33-47(41)53(46-26-13-28-49-51(46)45-22-6-8-27-48(45)54-49)38-19-10-18-36(32-38)42-24-12-25-44-43-21-7-9-29-50(43)55-52(42)44/h1-33H. The van der Waals surface area contributed by atoms with Gasteiger partial charge in [0.15, 0.2) is 0 Å². The van der Waals surface area contributed by atoms with Crippen LogP contribution in [-0.4, -0.2) is 0 Å². The van der Waals surface area contributed by atoms with Crippen molar-refractivity contribution in [3.63, 3.8) is 0 Å². The first-order chi connectivity index (χ1) is 27.3. The Morgan fingerprint density at radius 3 is 1.96 bits per heavy atom. The molecular weight excluding hydrogens is 687 g/mol. The molecule has 0 radical (unpaired) electrons. The predicted octanol–water partition coefficient (Wildman–Crippen LogP) is 15.6. The Hall–Kier alpha value is -6.94. The van der Waals surface area contributed by atoms with E-state index in [2.05, 4.69) is 199 Å². The molecular formula is C52H33NOS. The van der Waals surface area contributed by atoms with Crippen molar-refractivity contribution in [1.29, 1.82) is 0 Å². The Kier molecular flexibility index (Phi) is 7.39. The van der Waals surface area contributed by atoms with E-state index < -0.39 is 0 Å². The lowest BCUT2D eigenvalue weighted by Gasteiger charge is -2.29. The van der Waals surface area contributed by atoms with E-state index in [1.54, 1.807) is 0 Å². The predicted molar refractivity (Wildman–Crippen MR) is 235 cm³/mol. The van der Waals surface area contributed by atoms with Gasteiger partial charge in [-0.25, -0.2) is 0 Å². The zero-order valence-electron chi connectivity index (χ0n) is 29.8. The number of fused-ring (bicyclic) bond motifs is 7. The molecule has 2 heterocycles. The van der Waals surface area contributed by atoms with Gasteiger partial charge in [-0.05, 0) is 81.1 Å². The summed E-state index contributed by atoms with van der Waals surface area (Å²) in [6.07, 6.45) is 0. The molecule has 0 saturated heterocycles. The molecule has 0 amide bonds. The normalized spacial score (nSPS) is 11.6. The first-order valence-electron chi connectivity index (χ1n) is 18.7. The number of hydrogen-bond acceptors (Lipinski definition) is 3. The summed E-state index contributed by atoms with van der Waals surface area (Å²) in [6.45, 7) is 0. The Morgan fingerprint density at radius 2 is 1.04 bits per heavy atom. The summed E-state index contributed by atoms with van der Waals surface area (Å²) >= 11 is 1.87. The van der Waals surface area contributed by atoms with Crippen LogP contribution in [0.3, 0.4) is 0 Å². The molecule has 0 unspecified atom stereocenters. The maximum Gasteiger partial charge on any atom is 0.137 e. The van der Waals surface area contributed by atoms with E-state index >= 15 is 0 Å². The number of nitrogens with zero attached hydrogens (tertiary/aromatic N) is 1. The van der Waals surface area contributed by atoms with Gasteiger partial charge in [-0.1, -0.05) is 158 Å². The van der Waals surface area contributed by atoms with Crippen LogP contribution in [0, 0.1) is 0 Å². The van der Waals surface area contributed by atoms with Gasteiger partial charge in [-0.2, -0.15) is 0 Å². The second-order valence-corrected chi connectivity index (χ2v) is 15.1. The van der Waals surface area contributed by atoms with Gasteiger partial charge in [-0.3, -0.25) is 0 Å². The van der Waals surface area contributed by atoms with Crippen molar-refractivity contribution in [2.75, 3.05) is 4.90 Å². The van der Waals surface area contributed by atoms with Crippen molar-refractivity contribution < 1.29 is 4.42 Å². The Labute approximate surface area is 322 Å². The van der Waals surface area contributed by atoms with E-state index in [1.807, 2.05) is 17.4 Å². The largest absolute Gasteiger partial charge is 0.456 e. The molecule has 258 valence electrons. The summed E-state index contributed by atoms with van der Waals surface area (Å²) in [5.41, 5.74) is 12.0. The van der Waals surface area contributed by atoms with Crippen LogP contribution in [-0.2, 0) is 0 Å². The minimum Gasteiger partial charge on any atom is -0.456 e. The molecule has 0 atom stereocenters. The first kappa shape index (κ1) is 31.6. The van der Waals surface area contributed by atoms with Crippen LogP contribution in [0.1, 0.15) is 0 Å². The van der Waals surface area contributed by atoms with E-state index in [9.17, 15) is 0 Å². The fourth-order valence-corrected chi connectivity index (χ4v) is 9.60.